The Labute approximate surface area is 166 Å². The van der Waals surface area contributed by atoms with Crippen molar-refractivity contribution in [1.29, 1.82) is 0 Å². The van der Waals surface area contributed by atoms with E-state index in [1.807, 2.05) is 17.3 Å². The van der Waals surface area contributed by atoms with Gasteiger partial charge in [0.1, 0.15) is 0 Å². The second kappa shape index (κ2) is 7.41. The summed E-state index contributed by atoms with van der Waals surface area (Å²) in [5, 5.41) is 6.65. The Morgan fingerprint density at radius 2 is 2.23 bits per heavy atom. The monoisotopic (exact) mass is 406 g/mol. The van der Waals surface area contributed by atoms with Gasteiger partial charge in [0.2, 0.25) is 0 Å². The average molecular weight is 407 g/mol. The maximum atomic E-state index is 13.3. The van der Waals surface area contributed by atoms with Gasteiger partial charge in [-0.05, 0) is 43.2 Å². The van der Waals surface area contributed by atoms with Crippen LogP contribution >= 0.6 is 35.1 Å². The number of hydrogen-bond acceptors (Lipinski definition) is 6. The maximum Gasteiger partial charge on any atom is 0.199 e. The van der Waals surface area contributed by atoms with Crippen LogP contribution in [0.25, 0.3) is 0 Å². The van der Waals surface area contributed by atoms with Gasteiger partial charge in [-0.25, -0.2) is 0 Å². The Morgan fingerprint density at radius 3 is 2.96 bits per heavy atom. The molecule has 3 aliphatic rings. The van der Waals surface area contributed by atoms with E-state index in [1.54, 1.807) is 29.6 Å². The quantitative estimate of drug-likeness (QED) is 0.542. The highest BCUT2D eigenvalue weighted by Crippen LogP contribution is 2.45. The summed E-state index contributed by atoms with van der Waals surface area (Å²) in [6.45, 7) is 0.726. The molecule has 7 heteroatoms. The van der Waals surface area contributed by atoms with E-state index in [4.69, 9.17) is 11.6 Å². The molecule has 1 aromatic rings. The molecule has 0 aromatic heterocycles. The summed E-state index contributed by atoms with van der Waals surface area (Å²) in [5.74, 6) is -0.344. The van der Waals surface area contributed by atoms with E-state index in [-0.39, 0.29) is 17.1 Å². The lowest BCUT2D eigenvalue weighted by molar-refractivity contribution is -0.115. The van der Waals surface area contributed by atoms with Crippen LogP contribution in [0, 0.1) is 0 Å². The molecule has 2 aliphatic heterocycles. The summed E-state index contributed by atoms with van der Waals surface area (Å²) >= 11 is 10.2. The minimum absolute atomic E-state index is 0.0914. The third-order valence-electron chi connectivity index (χ3n) is 4.95. The second-order valence-corrected chi connectivity index (χ2v) is 9.49. The molecule has 2 heterocycles. The highest BCUT2D eigenvalue weighted by molar-refractivity contribution is 8.17. The Balaban J connectivity index is 1.75. The lowest BCUT2D eigenvalue weighted by Gasteiger charge is -2.25. The predicted molar refractivity (Wildman–Crippen MR) is 108 cm³/mol. The number of thioether (sulfide) groups is 2. The van der Waals surface area contributed by atoms with Gasteiger partial charge in [0, 0.05) is 36.1 Å². The van der Waals surface area contributed by atoms with Crippen LogP contribution in [-0.2, 0) is 11.2 Å². The van der Waals surface area contributed by atoms with Crippen molar-refractivity contribution < 1.29 is 9.59 Å². The molecule has 1 aliphatic carbocycles. The van der Waals surface area contributed by atoms with Crippen LogP contribution in [0.5, 0.6) is 0 Å². The molecule has 26 heavy (non-hydrogen) atoms. The molecule has 0 spiro atoms. The summed E-state index contributed by atoms with van der Waals surface area (Å²) in [7, 11) is 0. The number of ketones is 2. The van der Waals surface area contributed by atoms with Gasteiger partial charge >= 0.3 is 0 Å². The molecule has 1 atom stereocenters. The molecule has 0 saturated carbocycles. The van der Waals surface area contributed by atoms with Crippen LogP contribution in [0.3, 0.4) is 0 Å². The molecule has 0 fully saturated rings. The number of halogens is 1. The molecule has 4 rings (SSSR count). The Kier molecular flexibility index (Phi) is 5.17. The zero-order valence-electron chi connectivity index (χ0n) is 14.5. The molecule has 0 amide bonds. The lowest BCUT2D eigenvalue weighted by Crippen LogP contribution is -2.27. The van der Waals surface area contributed by atoms with Crippen LogP contribution < -0.4 is 0 Å². The van der Waals surface area contributed by atoms with Gasteiger partial charge in [-0.15, -0.1) is 11.8 Å². The number of hydrazone groups is 1. The molecule has 1 unspecified atom stereocenters. The predicted octanol–water partition coefficient (Wildman–Crippen LogP) is 4.56. The summed E-state index contributed by atoms with van der Waals surface area (Å²) in [4.78, 5) is 27.0. The molecule has 136 valence electrons. The highest BCUT2D eigenvalue weighted by atomic mass is 35.5. The first-order valence-electron chi connectivity index (χ1n) is 8.72. The number of hydrogen-bond donors (Lipinski definition) is 0. The van der Waals surface area contributed by atoms with Crippen LogP contribution in [0.1, 0.15) is 41.6 Å². The van der Waals surface area contributed by atoms with Crippen molar-refractivity contribution in [2.24, 2.45) is 5.10 Å². The van der Waals surface area contributed by atoms with Crippen molar-refractivity contribution in [2.75, 3.05) is 12.8 Å². The number of carbonyl (C=O) groups is 2. The maximum absolute atomic E-state index is 13.3. The van der Waals surface area contributed by atoms with Crippen molar-refractivity contribution in [3.63, 3.8) is 0 Å². The Hall–Kier alpha value is -1.24. The van der Waals surface area contributed by atoms with E-state index < -0.39 is 0 Å². The van der Waals surface area contributed by atoms with Gasteiger partial charge in [-0.3, -0.25) is 14.6 Å². The van der Waals surface area contributed by atoms with Gasteiger partial charge in [-0.2, -0.15) is 16.9 Å². The fourth-order valence-corrected chi connectivity index (χ4v) is 6.06. The average Bonchev–Trinajstić information content (AvgIpc) is 3.31. The van der Waals surface area contributed by atoms with Crippen LogP contribution in [-0.4, -0.2) is 40.2 Å². The van der Waals surface area contributed by atoms with Crippen molar-refractivity contribution in [3.05, 3.63) is 39.6 Å². The van der Waals surface area contributed by atoms with E-state index >= 15 is 0 Å². The Bertz CT molecular complexity index is 850. The topological polar surface area (TPSA) is 49.7 Å². The smallest absolute Gasteiger partial charge is 0.199 e. The number of allylic oxidation sites excluding steroid dienone is 2. The van der Waals surface area contributed by atoms with E-state index in [1.165, 1.54) is 0 Å². The molecule has 0 saturated heterocycles. The number of fused-ring (bicyclic) bond motifs is 1. The van der Waals surface area contributed by atoms with Crippen molar-refractivity contribution >= 4 is 52.9 Å². The lowest BCUT2D eigenvalue weighted by atomic mass is 9.88. The molecular formula is C19H19ClN2O2S2. The first kappa shape index (κ1) is 18.1. The number of rotatable bonds is 4. The van der Waals surface area contributed by atoms with Crippen molar-refractivity contribution in [1.82, 2.24) is 5.01 Å². The number of nitrogens with zero attached hydrogens (tertiary/aromatic N) is 2. The third-order valence-corrected chi connectivity index (χ3v) is 8.01. The molecular weight excluding hydrogens is 388 g/mol. The molecule has 4 nitrogen and oxygen atoms in total. The second-order valence-electron chi connectivity index (χ2n) is 6.53. The van der Waals surface area contributed by atoms with E-state index in [2.05, 4.69) is 11.4 Å². The van der Waals surface area contributed by atoms with Crippen LogP contribution in [0.2, 0.25) is 5.02 Å². The summed E-state index contributed by atoms with van der Waals surface area (Å²) < 4.78 is 0.429. The van der Waals surface area contributed by atoms with E-state index in [9.17, 15) is 9.59 Å². The fraction of sp³-hybridized carbons (Fsp3) is 0.421. The minimum atomic E-state index is -0.253. The number of Topliss-reactive ketones (excluding diaryl/α,β-unsaturated/α-hetero) is 2. The van der Waals surface area contributed by atoms with Gasteiger partial charge < -0.3 is 0 Å². The van der Waals surface area contributed by atoms with Crippen LogP contribution in [0.15, 0.2) is 33.4 Å². The summed E-state index contributed by atoms with van der Waals surface area (Å²) in [5.41, 5.74) is 2.52. The van der Waals surface area contributed by atoms with Crippen molar-refractivity contribution in [3.8, 4) is 0 Å². The molecule has 0 radical (unpaired) electrons. The number of carbonyl (C=O) groups excluding carboxylic acids is 2. The number of benzene rings is 1. The van der Waals surface area contributed by atoms with Gasteiger partial charge in [0.15, 0.2) is 11.6 Å². The van der Waals surface area contributed by atoms with Gasteiger partial charge in [0.05, 0.1) is 20.9 Å². The Morgan fingerprint density at radius 1 is 1.38 bits per heavy atom. The zero-order valence-corrected chi connectivity index (χ0v) is 16.8. The molecule has 0 N–H and O–H groups in total. The van der Waals surface area contributed by atoms with Crippen LogP contribution in [0.4, 0.5) is 0 Å². The highest BCUT2D eigenvalue weighted by Gasteiger charge is 2.33. The normalized spacial score (nSPS) is 22.3. The summed E-state index contributed by atoms with van der Waals surface area (Å²) in [6, 6.07) is 3.75. The first-order chi connectivity index (χ1) is 12.6. The zero-order chi connectivity index (χ0) is 18.3. The largest absolute Gasteiger partial charge is 0.294 e. The van der Waals surface area contributed by atoms with Gasteiger partial charge in [0.25, 0.3) is 0 Å². The van der Waals surface area contributed by atoms with Gasteiger partial charge in [-0.1, -0.05) is 11.6 Å². The fourth-order valence-electron chi connectivity index (χ4n) is 3.64. The van der Waals surface area contributed by atoms with E-state index in [0.29, 0.717) is 28.0 Å². The standard InChI is InChI=1S/C19H19ClN2O2S2/c1-25-16-10-12-15(26-16)7-6-11(18(12)20)19(24)17-13(4-2-5-14(17)23)22-9-3-8-21-22/h6-8,16H,2-5,9-10H2,1H3. The SMILES string of the molecule is CSC1Cc2c(ccc(C(=O)C3=C(N4CCC=N4)CCCC3=O)c2Cl)S1. The minimum Gasteiger partial charge on any atom is -0.294 e. The summed E-state index contributed by atoms with van der Waals surface area (Å²) in [6.07, 6.45) is 7.48. The molecule has 0 bridgehead atoms. The van der Waals surface area contributed by atoms with Crippen molar-refractivity contribution in [2.45, 2.75) is 41.6 Å². The first-order valence-corrected chi connectivity index (χ1v) is 11.3. The molecule has 1 aromatic carbocycles. The third kappa shape index (κ3) is 3.12. The van der Waals surface area contributed by atoms with E-state index in [0.717, 1.165) is 42.0 Å².